The summed E-state index contributed by atoms with van der Waals surface area (Å²) in [5, 5.41) is 8.94. The minimum atomic E-state index is -0.364. The van der Waals surface area contributed by atoms with Crippen LogP contribution >= 0.6 is 0 Å². The molecule has 1 aromatic carbocycles. The third kappa shape index (κ3) is 2.67. The Hall–Kier alpha value is -2.67. The zero-order valence-corrected chi connectivity index (χ0v) is 11.1. The van der Waals surface area contributed by atoms with Crippen molar-refractivity contribution in [2.45, 2.75) is 13.5 Å². The summed E-state index contributed by atoms with van der Waals surface area (Å²) in [5.41, 5.74) is 1.87. The highest BCUT2D eigenvalue weighted by molar-refractivity contribution is 5.60. The largest absolute Gasteiger partial charge is 0.303 e. The Balaban J connectivity index is 2.67. The molecule has 0 spiro atoms. The standard InChI is InChI=1S/C16H13FN2O/c1-11(2)10-19-15(8-5-13(9-18)16(19)20)12-3-6-14(17)7-4-12/h3-8H,1,10H2,2H3. The van der Waals surface area contributed by atoms with Crippen LogP contribution in [0.15, 0.2) is 53.3 Å². The Kier molecular flexibility index (Phi) is 3.81. The Morgan fingerprint density at radius 3 is 2.50 bits per heavy atom. The van der Waals surface area contributed by atoms with Crippen LogP contribution in [0.2, 0.25) is 0 Å². The first-order chi connectivity index (χ1) is 9.52. The lowest BCUT2D eigenvalue weighted by molar-refractivity contribution is 0.628. The van der Waals surface area contributed by atoms with Crippen LogP contribution in [0.5, 0.6) is 0 Å². The summed E-state index contributed by atoms with van der Waals surface area (Å²) in [6.07, 6.45) is 0. The molecule has 0 saturated carbocycles. The van der Waals surface area contributed by atoms with Crippen LogP contribution in [0.3, 0.4) is 0 Å². The number of nitriles is 1. The van der Waals surface area contributed by atoms with Crippen LogP contribution in [0.1, 0.15) is 12.5 Å². The van der Waals surface area contributed by atoms with E-state index in [4.69, 9.17) is 5.26 Å². The molecule has 0 fully saturated rings. The van der Waals surface area contributed by atoms with E-state index in [0.717, 1.165) is 5.57 Å². The van der Waals surface area contributed by atoms with E-state index in [1.54, 1.807) is 25.1 Å². The second kappa shape index (κ2) is 5.54. The summed E-state index contributed by atoms with van der Waals surface area (Å²) in [5.74, 6) is -0.337. The van der Waals surface area contributed by atoms with Crippen LogP contribution in [0.4, 0.5) is 4.39 Å². The van der Waals surface area contributed by atoms with Gasteiger partial charge in [-0.2, -0.15) is 5.26 Å². The quantitative estimate of drug-likeness (QED) is 0.803. The average Bonchev–Trinajstić information content (AvgIpc) is 2.42. The van der Waals surface area contributed by atoms with Gasteiger partial charge in [0.15, 0.2) is 0 Å². The van der Waals surface area contributed by atoms with E-state index in [9.17, 15) is 9.18 Å². The predicted octanol–water partition coefficient (Wildman–Crippen LogP) is 3.10. The van der Waals surface area contributed by atoms with Crippen LogP contribution in [0.25, 0.3) is 11.3 Å². The molecule has 0 amide bonds. The Morgan fingerprint density at radius 1 is 1.30 bits per heavy atom. The van der Waals surface area contributed by atoms with E-state index in [0.29, 0.717) is 17.8 Å². The van der Waals surface area contributed by atoms with Gasteiger partial charge in [0, 0.05) is 6.54 Å². The fraction of sp³-hybridized carbons (Fsp3) is 0.125. The Morgan fingerprint density at radius 2 is 1.95 bits per heavy atom. The van der Waals surface area contributed by atoms with Crippen molar-refractivity contribution in [3.05, 3.63) is 70.3 Å². The first-order valence-corrected chi connectivity index (χ1v) is 6.07. The molecule has 2 rings (SSSR count). The second-order valence-corrected chi connectivity index (χ2v) is 4.60. The number of aromatic nitrogens is 1. The fourth-order valence-electron chi connectivity index (χ4n) is 1.96. The van der Waals surface area contributed by atoms with E-state index < -0.39 is 0 Å². The molecule has 0 radical (unpaired) electrons. The number of hydrogen-bond donors (Lipinski definition) is 0. The Bertz CT molecular complexity index is 752. The number of allylic oxidation sites excluding steroid dienone is 1. The summed E-state index contributed by atoms with van der Waals surface area (Å²) in [6, 6.07) is 10.9. The van der Waals surface area contributed by atoms with Gasteiger partial charge in [-0.3, -0.25) is 4.79 Å². The second-order valence-electron chi connectivity index (χ2n) is 4.60. The number of rotatable bonds is 3. The van der Waals surface area contributed by atoms with Crippen molar-refractivity contribution >= 4 is 0 Å². The molecule has 2 aromatic rings. The summed E-state index contributed by atoms with van der Waals surface area (Å²) in [6.45, 7) is 5.92. The van der Waals surface area contributed by atoms with Crippen LogP contribution < -0.4 is 5.56 Å². The Labute approximate surface area is 116 Å². The zero-order chi connectivity index (χ0) is 14.7. The molecule has 20 heavy (non-hydrogen) atoms. The molecule has 0 bridgehead atoms. The van der Waals surface area contributed by atoms with Crippen molar-refractivity contribution in [3.8, 4) is 17.3 Å². The molecule has 100 valence electrons. The SMILES string of the molecule is C=C(C)Cn1c(-c2ccc(F)cc2)ccc(C#N)c1=O. The van der Waals surface area contributed by atoms with Gasteiger partial charge in [0.05, 0.1) is 5.69 Å². The number of benzene rings is 1. The van der Waals surface area contributed by atoms with Gasteiger partial charge in [-0.05, 0) is 48.9 Å². The molecule has 1 aromatic heterocycles. The summed E-state index contributed by atoms with van der Waals surface area (Å²) < 4.78 is 14.5. The van der Waals surface area contributed by atoms with Crippen molar-refractivity contribution in [2.24, 2.45) is 0 Å². The first-order valence-electron chi connectivity index (χ1n) is 6.07. The van der Waals surface area contributed by atoms with Crippen molar-refractivity contribution in [1.29, 1.82) is 5.26 Å². The normalized spacial score (nSPS) is 10.1. The highest BCUT2D eigenvalue weighted by Crippen LogP contribution is 2.19. The van der Waals surface area contributed by atoms with Gasteiger partial charge in [0.25, 0.3) is 5.56 Å². The van der Waals surface area contributed by atoms with Crippen LogP contribution in [-0.2, 0) is 6.54 Å². The molecular weight excluding hydrogens is 255 g/mol. The monoisotopic (exact) mass is 268 g/mol. The van der Waals surface area contributed by atoms with Gasteiger partial charge < -0.3 is 4.57 Å². The van der Waals surface area contributed by atoms with Crippen molar-refractivity contribution in [2.75, 3.05) is 0 Å². The molecule has 0 saturated heterocycles. The third-order valence-electron chi connectivity index (χ3n) is 2.86. The molecule has 1 heterocycles. The minimum absolute atomic E-state index is 0.0807. The number of hydrogen-bond acceptors (Lipinski definition) is 2. The number of pyridine rings is 1. The van der Waals surface area contributed by atoms with Crippen LogP contribution in [-0.4, -0.2) is 4.57 Å². The minimum Gasteiger partial charge on any atom is -0.303 e. The van der Waals surface area contributed by atoms with Gasteiger partial charge in [0.1, 0.15) is 17.4 Å². The molecule has 0 aliphatic rings. The lowest BCUT2D eigenvalue weighted by atomic mass is 10.1. The summed E-state index contributed by atoms with van der Waals surface area (Å²) in [7, 11) is 0. The molecule has 3 nitrogen and oxygen atoms in total. The van der Waals surface area contributed by atoms with Gasteiger partial charge >= 0.3 is 0 Å². The molecule has 0 aliphatic heterocycles. The highest BCUT2D eigenvalue weighted by atomic mass is 19.1. The molecular formula is C16H13FN2O. The summed E-state index contributed by atoms with van der Waals surface area (Å²) in [4.78, 5) is 12.2. The van der Waals surface area contributed by atoms with E-state index in [1.165, 1.54) is 22.8 Å². The maximum atomic E-state index is 13.0. The van der Waals surface area contributed by atoms with E-state index in [1.807, 2.05) is 6.07 Å². The van der Waals surface area contributed by atoms with E-state index in [-0.39, 0.29) is 16.9 Å². The van der Waals surface area contributed by atoms with Crippen molar-refractivity contribution in [3.63, 3.8) is 0 Å². The maximum Gasteiger partial charge on any atom is 0.269 e. The lowest BCUT2D eigenvalue weighted by Crippen LogP contribution is -2.24. The number of halogens is 1. The lowest BCUT2D eigenvalue weighted by Gasteiger charge is -2.13. The topological polar surface area (TPSA) is 45.8 Å². The third-order valence-corrected chi connectivity index (χ3v) is 2.86. The fourth-order valence-corrected chi connectivity index (χ4v) is 1.96. The number of nitrogens with zero attached hydrogens (tertiary/aromatic N) is 2. The van der Waals surface area contributed by atoms with Crippen LogP contribution in [0, 0.1) is 17.1 Å². The van der Waals surface area contributed by atoms with Gasteiger partial charge in [-0.15, -0.1) is 0 Å². The highest BCUT2D eigenvalue weighted by Gasteiger charge is 2.10. The summed E-state index contributed by atoms with van der Waals surface area (Å²) >= 11 is 0. The predicted molar refractivity (Wildman–Crippen MR) is 75.6 cm³/mol. The van der Waals surface area contributed by atoms with E-state index in [2.05, 4.69) is 6.58 Å². The molecule has 0 N–H and O–H groups in total. The zero-order valence-electron chi connectivity index (χ0n) is 11.1. The maximum absolute atomic E-state index is 13.0. The molecule has 0 aliphatic carbocycles. The van der Waals surface area contributed by atoms with Crippen molar-refractivity contribution in [1.82, 2.24) is 4.57 Å². The van der Waals surface area contributed by atoms with Crippen molar-refractivity contribution < 1.29 is 4.39 Å². The average molecular weight is 268 g/mol. The first kappa shape index (κ1) is 13.8. The van der Waals surface area contributed by atoms with Gasteiger partial charge in [-0.25, -0.2) is 4.39 Å². The smallest absolute Gasteiger partial charge is 0.269 e. The van der Waals surface area contributed by atoms with Gasteiger partial charge in [0.2, 0.25) is 0 Å². The molecule has 4 heteroatoms. The molecule has 0 unspecified atom stereocenters. The molecule has 0 atom stereocenters. The van der Waals surface area contributed by atoms with Gasteiger partial charge in [-0.1, -0.05) is 12.2 Å². The van der Waals surface area contributed by atoms with E-state index >= 15 is 0 Å².